The first kappa shape index (κ1) is 61.6. The van der Waals surface area contributed by atoms with E-state index in [1.54, 1.807) is 63.3 Å². The number of ether oxygens (including phenoxy) is 6. The van der Waals surface area contributed by atoms with Gasteiger partial charge in [-0.05, 0) is 39.5 Å². The van der Waals surface area contributed by atoms with E-state index in [0.717, 1.165) is 0 Å². The number of nitrogens with two attached hydrogens (primary N) is 1. The summed E-state index contributed by atoms with van der Waals surface area (Å²) >= 11 is 0. The van der Waals surface area contributed by atoms with Crippen molar-refractivity contribution < 1.29 is 84.0 Å². The van der Waals surface area contributed by atoms with E-state index >= 15 is 0 Å². The number of carbonyl (C=O) groups excluding carboxylic acids is 2. The molecule has 0 aromatic heterocycles. The lowest BCUT2D eigenvalue weighted by Gasteiger charge is -2.47. The van der Waals surface area contributed by atoms with Gasteiger partial charge in [0, 0.05) is 44.1 Å². The van der Waals surface area contributed by atoms with Gasteiger partial charge in [0.2, 0.25) is 0 Å². The van der Waals surface area contributed by atoms with E-state index in [-0.39, 0.29) is 57.7 Å². The minimum absolute atomic E-state index is 0.0730. The van der Waals surface area contributed by atoms with Crippen LogP contribution in [0.3, 0.4) is 0 Å². The average molecular weight is 1010 g/mol. The summed E-state index contributed by atoms with van der Waals surface area (Å²) in [6.07, 6.45) is 7.90. The van der Waals surface area contributed by atoms with E-state index in [2.05, 4.69) is 6.58 Å². The number of esters is 2. The first-order chi connectivity index (χ1) is 33.7. The van der Waals surface area contributed by atoms with Crippen molar-refractivity contribution in [1.82, 2.24) is 0 Å². The van der Waals surface area contributed by atoms with E-state index in [4.69, 9.17) is 34.2 Å². The lowest BCUT2D eigenvalue weighted by molar-refractivity contribution is -0.325. The van der Waals surface area contributed by atoms with Gasteiger partial charge in [-0.1, -0.05) is 118 Å². The highest BCUT2D eigenvalue weighted by Gasteiger charge is 2.53. The second-order valence-corrected chi connectivity index (χ2v) is 19.0. The first-order valence-electron chi connectivity index (χ1n) is 24.9. The zero-order valence-electron chi connectivity index (χ0n) is 41.9. The lowest BCUT2D eigenvalue weighted by Crippen LogP contribution is -2.62. The van der Waals surface area contributed by atoms with Crippen molar-refractivity contribution in [1.29, 1.82) is 0 Å². The SMILES string of the molecule is C=CCOC(=O)[C@H]1[C@@H]2C[C@@H](O[C@@H]3O[C@H](C)[C@@H](O)[C@H](N)[C@@H]3O)/C=C/C=C/C=C/C=C/C=C/C=C/C=C/[C@H](C)[C@@H](O)[C@@H](C)[C@H](C)OC(=O)C[C@H](O)C[C@H](O)CC[C@@H](O)[C@H](O)C[C@H](O)C[C@](OCCC)(C[C@@H]1O)O2. The van der Waals surface area contributed by atoms with Crippen LogP contribution in [0.15, 0.2) is 97.7 Å². The third kappa shape index (κ3) is 21.0. The fourth-order valence-electron chi connectivity index (χ4n) is 8.61. The smallest absolute Gasteiger partial charge is 0.314 e. The van der Waals surface area contributed by atoms with Gasteiger partial charge in [-0.25, -0.2) is 0 Å². The topological polar surface area (TPSA) is 298 Å². The number of allylic oxidation sites excluding steroid dienone is 12. The summed E-state index contributed by atoms with van der Waals surface area (Å²) < 4.78 is 35.9. The first-order valence-corrected chi connectivity index (χ1v) is 24.9. The number of fused-ring (bicyclic) bond motifs is 2. The van der Waals surface area contributed by atoms with Crippen molar-refractivity contribution in [3.63, 3.8) is 0 Å². The Bertz CT molecular complexity index is 1800. The van der Waals surface area contributed by atoms with Crippen LogP contribution < -0.4 is 5.73 Å². The molecular weight excluding hydrogens is 923 g/mol. The van der Waals surface area contributed by atoms with Gasteiger partial charge < -0.3 is 80.1 Å². The van der Waals surface area contributed by atoms with Crippen LogP contribution in [0.4, 0.5) is 0 Å². The maximum atomic E-state index is 13.7. The van der Waals surface area contributed by atoms with Gasteiger partial charge >= 0.3 is 11.9 Å². The highest BCUT2D eigenvalue weighted by atomic mass is 16.7. The van der Waals surface area contributed by atoms with Crippen LogP contribution >= 0.6 is 0 Å². The van der Waals surface area contributed by atoms with E-state index in [0.29, 0.717) is 6.42 Å². The Morgan fingerprint density at radius 3 is 1.94 bits per heavy atom. The zero-order valence-corrected chi connectivity index (χ0v) is 41.9. The molecular formula is C53H83NO17. The van der Waals surface area contributed by atoms with Gasteiger partial charge in [0.25, 0.3) is 0 Å². The van der Waals surface area contributed by atoms with Gasteiger partial charge in [-0.15, -0.1) is 0 Å². The molecule has 18 heteroatoms. The van der Waals surface area contributed by atoms with Crippen LogP contribution in [-0.4, -0.2) is 169 Å². The second kappa shape index (κ2) is 31.8. The molecule has 0 aromatic rings. The predicted molar refractivity (Wildman–Crippen MR) is 265 cm³/mol. The van der Waals surface area contributed by atoms with Crippen molar-refractivity contribution in [3.05, 3.63) is 97.7 Å². The van der Waals surface area contributed by atoms with Crippen molar-refractivity contribution in [2.45, 2.75) is 190 Å². The Hall–Kier alpha value is -3.70. The van der Waals surface area contributed by atoms with Gasteiger partial charge in [-0.2, -0.15) is 0 Å². The van der Waals surface area contributed by atoms with Crippen molar-refractivity contribution in [3.8, 4) is 0 Å². The molecule has 18 nitrogen and oxygen atoms in total. The zero-order chi connectivity index (χ0) is 52.7. The molecule has 2 fully saturated rings. The Kier molecular flexibility index (Phi) is 27.6. The fraction of sp³-hybridized carbons (Fsp3) is 0.660. The molecule has 3 aliphatic rings. The summed E-state index contributed by atoms with van der Waals surface area (Å²) in [4.78, 5) is 26.4. The van der Waals surface area contributed by atoms with Crippen LogP contribution in [0.1, 0.15) is 92.4 Å². The van der Waals surface area contributed by atoms with Gasteiger partial charge in [0.1, 0.15) is 24.7 Å². The molecule has 0 saturated carbocycles. The summed E-state index contributed by atoms with van der Waals surface area (Å²) in [5.74, 6) is -5.30. The number of rotatable bonds is 8. The maximum Gasteiger partial charge on any atom is 0.314 e. The summed E-state index contributed by atoms with van der Waals surface area (Å²) in [6, 6.07) is -1.12. The number of aliphatic hydroxyl groups is 9. The lowest BCUT2D eigenvalue weighted by atomic mass is 9.82. The average Bonchev–Trinajstić information content (AvgIpc) is 3.31. The molecule has 0 aromatic carbocycles. The van der Waals surface area contributed by atoms with Crippen LogP contribution in [0, 0.1) is 17.8 Å². The molecule has 19 atom stereocenters. The minimum atomic E-state index is -1.74. The fourth-order valence-corrected chi connectivity index (χ4v) is 8.61. The molecule has 3 rings (SSSR count). The quantitative estimate of drug-likeness (QED) is 0.124. The molecule has 2 bridgehead atoms. The molecule has 3 heterocycles. The third-order valence-electron chi connectivity index (χ3n) is 12.9. The number of hydrogen-bond acceptors (Lipinski definition) is 18. The Morgan fingerprint density at radius 1 is 0.732 bits per heavy atom. The number of hydrogen-bond donors (Lipinski definition) is 10. The Labute approximate surface area is 419 Å². The van der Waals surface area contributed by atoms with Crippen molar-refractivity contribution >= 4 is 11.9 Å². The van der Waals surface area contributed by atoms with Gasteiger partial charge in [0.15, 0.2) is 12.1 Å². The monoisotopic (exact) mass is 1010 g/mol. The number of carbonyl (C=O) groups is 2. The third-order valence-corrected chi connectivity index (χ3v) is 12.9. The van der Waals surface area contributed by atoms with Crippen molar-refractivity contribution in [2.24, 2.45) is 23.5 Å². The van der Waals surface area contributed by atoms with Crippen LogP contribution in [0.2, 0.25) is 0 Å². The van der Waals surface area contributed by atoms with E-state index in [1.165, 1.54) is 6.08 Å². The largest absolute Gasteiger partial charge is 0.462 e. The Balaban J connectivity index is 1.98. The summed E-state index contributed by atoms with van der Waals surface area (Å²) in [7, 11) is 0. The second-order valence-electron chi connectivity index (χ2n) is 19.0. The van der Waals surface area contributed by atoms with Gasteiger partial charge in [0.05, 0.1) is 79.6 Å². The number of aliphatic hydroxyl groups excluding tert-OH is 9. The summed E-state index contributed by atoms with van der Waals surface area (Å²) in [6.45, 7) is 12.2. The molecule has 11 N–H and O–H groups in total. The molecule has 71 heavy (non-hydrogen) atoms. The van der Waals surface area contributed by atoms with E-state index in [9.17, 15) is 55.5 Å². The number of cyclic esters (lactones) is 1. The normalized spacial score (nSPS) is 42.5. The molecule has 3 aliphatic heterocycles. The van der Waals surface area contributed by atoms with Gasteiger partial charge in [-0.3, -0.25) is 9.59 Å². The van der Waals surface area contributed by atoms with E-state index in [1.807, 2.05) is 56.4 Å². The van der Waals surface area contributed by atoms with Crippen molar-refractivity contribution in [2.75, 3.05) is 13.2 Å². The highest BCUT2D eigenvalue weighted by Crippen LogP contribution is 2.41. The molecule has 0 amide bonds. The summed E-state index contributed by atoms with van der Waals surface area (Å²) in [5, 5.41) is 98.9. The molecule has 0 radical (unpaired) electrons. The molecule has 0 unspecified atom stereocenters. The molecule has 2 saturated heterocycles. The standard InChI is InChI=1S/C53H83NO17/c1-7-25-66-51(65)46-43(60)32-53(67-26-8-2)31-39(57)28-42(59)41(58)24-23-37(55)27-38(56)29-45(61)68-35(5)34(4)48(62)33(3)21-19-17-15-13-11-9-10-12-14-16-18-20-22-40(30-44(46)71-53)70-52-50(64)47(54)49(63)36(6)69-52/h7,9-22,33-44,46-50,52,55-60,62-64H,1,8,23-32,54H2,2-6H3/b10-9+,13-11+,14-12+,17-15+,18-16+,21-19+,22-20+/t33-,34-,35-,36+,37+,38+,39-,40-,41+,42+,43-,44-,46+,47-,48+,49+,50-,52-,53+/m0/s1. The minimum Gasteiger partial charge on any atom is -0.462 e. The van der Waals surface area contributed by atoms with Crippen LogP contribution in [-0.2, 0) is 38.0 Å². The highest BCUT2D eigenvalue weighted by molar-refractivity contribution is 5.74. The molecule has 0 spiro atoms. The maximum absolute atomic E-state index is 13.7. The molecule has 402 valence electrons. The summed E-state index contributed by atoms with van der Waals surface area (Å²) in [5.41, 5.74) is 6.13. The van der Waals surface area contributed by atoms with E-state index < -0.39 is 134 Å². The predicted octanol–water partition coefficient (Wildman–Crippen LogP) is 2.79. The van der Waals surface area contributed by atoms with Crippen LogP contribution in [0.5, 0.6) is 0 Å². The molecule has 0 aliphatic carbocycles. The van der Waals surface area contributed by atoms with Crippen LogP contribution in [0.25, 0.3) is 0 Å². The Morgan fingerprint density at radius 2 is 1.34 bits per heavy atom.